The van der Waals surface area contributed by atoms with E-state index in [1.807, 2.05) is 48.5 Å². The molecule has 80 valence electrons. The Morgan fingerprint density at radius 1 is 1.00 bits per heavy atom. The molecule has 0 saturated carbocycles. The summed E-state index contributed by atoms with van der Waals surface area (Å²) in [6.45, 7) is 0. The number of thiocarbonyl (C=S) groups is 1. The molecule has 0 spiro atoms. The quantitative estimate of drug-likeness (QED) is 0.820. The summed E-state index contributed by atoms with van der Waals surface area (Å²) >= 11 is 10.9. The van der Waals surface area contributed by atoms with Crippen LogP contribution in [0.3, 0.4) is 0 Å². The van der Waals surface area contributed by atoms with Gasteiger partial charge in [0.1, 0.15) is 4.99 Å². The third kappa shape index (κ3) is 2.23. The molecule has 0 radical (unpaired) electrons. The van der Waals surface area contributed by atoms with Crippen LogP contribution in [0.5, 0.6) is 0 Å². The van der Waals surface area contributed by atoms with E-state index >= 15 is 0 Å². The monoisotopic (exact) mass is 247 g/mol. The largest absolute Gasteiger partial charge is 0.389 e. The molecule has 16 heavy (non-hydrogen) atoms. The van der Waals surface area contributed by atoms with Gasteiger partial charge in [0.2, 0.25) is 0 Å². The van der Waals surface area contributed by atoms with Crippen LogP contribution >= 0.6 is 23.8 Å². The van der Waals surface area contributed by atoms with Crippen LogP contribution in [-0.2, 0) is 0 Å². The number of benzene rings is 2. The lowest BCUT2D eigenvalue weighted by Crippen LogP contribution is -2.10. The summed E-state index contributed by atoms with van der Waals surface area (Å²) in [7, 11) is 0. The minimum Gasteiger partial charge on any atom is -0.389 e. The summed E-state index contributed by atoms with van der Waals surface area (Å²) in [4.78, 5) is 0.408. The van der Waals surface area contributed by atoms with Gasteiger partial charge in [0.05, 0.1) is 0 Å². The van der Waals surface area contributed by atoms with Crippen molar-refractivity contribution in [3.05, 3.63) is 59.1 Å². The lowest BCUT2D eigenvalue weighted by Gasteiger charge is -2.08. The van der Waals surface area contributed by atoms with Gasteiger partial charge in [-0.1, -0.05) is 60.2 Å². The van der Waals surface area contributed by atoms with Crippen LogP contribution in [0.15, 0.2) is 48.5 Å². The predicted octanol–water partition coefficient (Wildman–Crippen LogP) is 3.64. The van der Waals surface area contributed by atoms with E-state index in [2.05, 4.69) is 0 Å². The number of halogens is 1. The maximum absolute atomic E-state index is 5.85. The van der Waals surface area contributed by atoms with Crippen LogP contribution in [0.4, 0.5) is 0 Å². The zero-order chi connectivity index (χ0) is 11.5. The van der Waals surface area contributed by atoms with Crippen molar-refractivity contribution in [1.29, 1.82) is 0 Å². The van der Waals surface area contributed by atoms with Crippen molar-refractivity contribution >= 4 is 28.8 Å². The normalized spacial score (nSPS) is 10.1. The number of hydrogen-bond acceptors (Lipinski definition) is 1. The van der Waals surface area contributed by atoms with Crippen molar-refractivity contribution in [2.75, 3.05) is 0 Å². The van der Waals surface area contributed by atoms with Gasteiger partial charge in [0, 0.05) is 10.6 Å². The number of hydrogen-bond donors (Lipinski definition) is 1. The van der Waals surface area contributed by atoms with Crippen molar-refractivity contribution in [2.45, 2.75) is 0 Å². The van der Waals surface area contributed by atoms with Crippen molar-refractivity contribution in [3.63, 3.8) is 0 Å². The second-order valence-electron chi connectivity index (χ2n) is 3.42. The number of rotatable bonds is 2. The Morgan fingerprint density at radius 3 is 2.25 bits per heavy atom. The second kappa shape index (κ2) is 4.64. The molecule has 0 aliphatic rings. The highest BCUT2D eigenvalue weighted by molar-refractivity contribution is 7.80. The molecular weight excluding hydrogens is 238 g/mol. The van der Waals surface area contributed by atoms with Gasteiger partial charge in [-0.25, -0.2) is 0 Å². The summed E-state index contributed by atoms with van der Waals surface area (Å²) in [6, 6.07) is 15.4. The van der Waals surface area contributed by atoms with Crippen LogP contribution in [0.1, 0.15) is 5.56 Å². The highest BCUT2D eigenvalue weighted by Crippen LogP contribution is 2.24. The summed E-state index contributed by atoms with van der Waals surface area (Å²) in [5, 5.41) is 0.719. The third-order valence-electron chi connectivity index (χ3n) is 2.35. The molecule has 2 aromatic carbocycles. The molecule has 0 aromatic heterocycles. The Balaban J connectivity index is 2.55. The van der Waals surface area contributed by atoms with Gasteiger partial charge in [-0.15, -0.1) is 0 Å². The fraction of sp³-hybridized carbons (Fsp3) is 0. The Labute approximate surface area is 105 Å². The van der Waals surface area contributed by atoms with E-state index < -0.39 is 0 Å². The van der Waals surface area contributed by atoms with Crippen LogP contribution in [0.25, 0.3) is 11.1 Å². The molecule has 0 fully saturated rings. The Morgan fingerprint density at radius 2 is 1.62 bits per heavy atom. The molecule has 0 saturated heterocycles. The lowest BCUT2D eigenvalue weighted by molar-refractivity contribution is 1.57. The predicted molar refractivity (Wildman–Crippen MR) is 72.8 cm³/mol. The fourth-order valence-corrected chi connectivity index (χ4v) is 1.88. The first-order valence-corrected chi connectivity index (χ1v) is 5.62. The Bertz CT molecular complexity index is 520. The van der Waals surface area contributed by atoms with E-state index in [4.69, 9.17) is 29.6 Å². The maximum atomic E-state index is 5.85. The van der Waals surface area contributed by atoms with Gasteiger partial charge < -0.3 is 5.73 Å². The minimum atomic E-state index is 0.408. The molecule has 2 N–H and O–H groups in total. The molecular formula is C13H10ClNS. The van der Waals surface area contributed by atoms with E-state index in [0.717, 1.165) is 21.7 Å². The first kappa shape index (κ1) is 11.1. The topological polar surface area (TPSA) is 26.0 Å². The first-order chi connectivity index (χ1) is 7.68. The van der Waals surface area contributed by atoms with Gasteiger partial charge in [-0.05, 0) is 23.3 Å². The molecule has 1 nitrogen and oxygen atoms in total. The van der Waals surface area contributed by atoms with E-state index in [9.17, 15) is 0 Å². The Hall–Kier alpha value is -1.38. The average molecular weight is 248 g/mol. The summed E-state index contributed by atoms with van der Waals surface area (Å²) in [6.07, 6.45) is 0. The molecule has 0 aliphatic heterocycles. The number of nitrogens with two attached hydrogens (primary N) is 1. The zero-order valence-corrected chi connectivity index (χ0v) is 10.1. The molecule has 2 aromatic rings. The van der Waals surface area contributed by atoms with Crippen molar-refractivity contribution < 1.29 is 0 Å². The van der Waals surface area contributed by atoms with Crippen molar-refractivity contribution in [1.82, 2.24) is 0 Å². The molecule has 0 bridgehead atoms. The highest BCUT2D eigenvalue weighted by atomic mass is 35.5. The van der Waals surface area contributed by atoms with Crippen molar-refractivity contribution in [3.8, 4) is 11.1 Å². The SMILES string of the molecule is NC(=S)c1ccccc1-c1ccc(Cl)cc1. The molecule has 0 heterocycles. The van der Waals surface area contributed by atoms with Gasteiger partial charge in [0.15, 0.2) is 0 Å². The van der Waals surface area contributed by atoms with Gasteiger partial charge in [-0.3, -0.25) is 0 Å². The smallest absolute Gasteiger partial charge is 0.104 e. The second-order valence-corrected chi connectivity index (χ2v) is 4.29. The zero-order valence-electron chi connectivity index (χ0n) is 8.48. The average Bonchev–Trinajstić information content (AvgIpc) is 2.30. The van der Waals surface area contributed by atoms with Crippen molar-refractivity contribution in [2.24, 2.45) is 5.73 Å². The standard InChI is InChI=1S/C13H10ClNS/c14-10-7-5-9(6-8-10)11-3-1-2-4-12(11)13(15)16/h1-8H,(H2,15,16). The maximum Gasteiger partial charge on any atom is 0.104 e. The van der Waals surface area contributed by atoms with Gasteiger partial charge in [0.25, 0.3) is 0 Å². The lowest BCUT2D eigenvalue weighted by atomic mass is 10.00. The van der Waals surface area contributed by atoms with Gasteiger partial charge >= 0.3 is 0 Å². The molecule has 0 atom stereocenters. The minimum absolute atomic E-state index is 0.408. The summed E-state index contributed by atoms with van der Waals surface area (Å²) in [5.74, 6) is 0. The molecule has 3 heteroatoms. The highest BCUT2D eigenvalue weighted by Gasteiger charge is 2.05. The summed E-state index contributed by atoms with van der Waals surface area (Å²) < 4.78 is 0. The summed E-state index contributed by atoms with van der Waals surface area (Å²) in [5.41, 5.74) is 8.67. The molecule has 0 aliphatic carbocycles. The van der Waals surface area contributed by atoms with Crippen LogP contribution in [0.2, 0.25) is 5.02 Å². The van der Waals surface area contributed by atoms with E-state index in [-0.39, 0.29) is 0 Å². The first-order valence-electron chi connectivity index (χ1n) is 4.83. The van der Waals surface area contributed by atoms with E-state index in [1.54, 1.807) is 0 Å². The van der Waals surface area contributed by atoms with Gasteiger partial charge in [-0.2, -0.15) is 0 Å². The third-order valence-corrected chi connectivity index (χ3v) is 2.82. The molecule has 0 unspecified atom stereocenters. The van der Waals surface area contributed by atoms with E-state index in [0.29, 0.717) is 4.99 Å². The van der Waals surface area contributed by atoms with E-state index in [1.165, 1.54) is 0 Å². The van der Waals surface area contributed by atoms with Crippen LogP contribution in [0, 0.1) is 0 Å². The molecule has 0 amide bonds. The van der Waals surface area contributed by atoms with Crippen LogP contribution in [-0.4, -0.2) is 4.99 Å². The molecule has 2 rings (SSSR count). The van der Waals surface area contributed by atoms with Crippen LogP contribution < -0.4 is 5.73 Å². The Kier molecular flexibility index (Phi) is 3.22. The fourth-order valence-electron chi connectivity index (χ4n) is 1.58.